The fraction of sp³-hybridized carbons (Fsp3) is 0.316. The van der Waals surface area contributed by atoms with Crippen molar-refractivity contribution in [3.63, 3.8) is 0 Å². The van der Waals surface area contributed by atoms with Gasteiger partial charge >= 0.3 is 0 Å². The zero-order valence-corrected chi connectivity index (χ0v) is 14.3. The molecule has 2 aliphatic heterocycles. The second kappa shape index (κ2) is 7.11. The lowest BCUT2D eigenvalue weighted by atomic mass is 9.91. The summed E-state index contributed by atoms with van der Waals surface area (Å²) in [5.41, 5.74) is 1.15. The molecule has 7 heteroatoms. The third-order valence-electron chi connectivity index (χ3n) is 4.83. The Bertz CT molecular complexity index is 798. The summed E-state index contributed by atoms with van der Waals surface area (Å²) in [6.45, 7) is 3.35. The van der Waals surface area contributed by atoms with Crippen molar-refractivity contribution in [3.05, 3.63) is 60.3 Å². The number of allylic oxidation sites excluding steroid dienone is 1. The van der Waals surface area contributed by atoms with Crippen LogP contribution in [0.15, 0.2) is 48.9 Å². The van der Waals surface area contributed by atoms with Gasteiger partial charge in [-0.05, 0) is 23.8 Å². The van der Waals surface area contributed by atoms with Crippen LogP contribution in [0.3, 0.4) is 0 Å². The van der Waals surface area contributed by atoms with Gasteiger partial charge in [0.15, 0.2) is 11.6 Å². The number of nitrogens with one attached hydrogen (secondary N) is 1. The zero-order chi connectivity index (χ0) is 17.9. The molecule has 134 valence electrons. The van der Waals surface area contributed by atoms with Gasteiger partial charge in [-0.25, -0.2) is 14.4 Å². The molecule has 1 aromatic carbocycles. The normalized spacial score (nSPS) is 17.9. The molecule has 0 spiro atoms. The molecular weight excluding hydrogens is 333 g/mol. The van der Waals surface area contributed by atoms with Crippen LogP contribution in [-0.2, 0) is 4.79 Å². The molecule has 0 bridgehead atoms. The highest BCUT2D eigenvalue weighted by Crippen LogP contribution is 2.34. The largest absolute Gasteiger partial charge is 0.373 e. The van der Waals surface area contributed by atoms with Crippen LogP contribution in [0.25, 0.3) is 0 Å². The molecule has 0 unspecified atom stereocenters. The first kappa shape index (κ1) is 16.5. The van der Waals surface area contributed by atoms with Crippen molar-refractivity contribution in [2.45, 2.75) is 12.0 Å². The number of hydrogen-bond donors (Lipinski definition) is 1. The molecule has 2 aromatic rings. The van der Waals surface area contributed by atoms with Gasteiger partial charge in [-0.2, -0.15) is 0 Å². The number of likely N-dealkylation sites (tertiary alicyclic amines) is 1. The van der Waals surface area contributed by atoms with Crippen LogP contribution in [-0.4, -0.2) is 53.4 Å². The minimum Gasteiger partial charge on any atom is -0.373 e. The van der Waals surface area contributed by atoms with Gasteiger partial charge in [0.1, 0.15) is 12.1 Å². The van der Waals surface area contributed by atoms with E-state index in [4.69, 9.17) is 0 Å². The number of hydrogen-bond acceptors (Lipinski definition) is 6. The van der Waals surface area contributed by atoms with Crippen LogP contribution in [0.1, 0.15) is 11.5 Å². The van der Waals surface area contributed by atoms with Crippen molar-refractivity contribution in [2.24, 2.45) is 0 Å². The Balaban J connectivity index is 1.36. The lowest BCUT2D eigenvalue weighted by Gasteiger charge is -2.42. The van der Waals surface area contributed by atoms with E-state index in [9.17, 15) is 9.18 Å². The summed E-state index contributed by atoms with van der Waals surface area (Å²) >= 11 is 0. The van der Waals surface area contributed by atoms with Gasteiger partial charge in [0, 0.05) is 50.7 Å². The fourth-order valence-electron chi connectivity index (χ4n) is 3.34. The van der Waals surface area contributed by atoms with E-state index in [-0.39, 0.29) is 11.9 Å². The summed E-state index contributed by atoms with van der Waals surface area (Å²) < 4.78 is 13.1. The Kier molecular flexibility index (Phi) is 4.51. The highest BCUT2D eigenvalue weighted by molar-refractivity contribution is 5.65. The summed E-state index contributed by atoms with van der Waals surface area (Å²) in [6, 6.07) is 7.01. The molecular formula is C19H20FN5O. The molecule has 2 aliphatic rings. The van der Waals surface area contributed by atoms with E-state index in [2.05, 4.69) is 25.1 Å². The van der Waals surface area contributed by atoms with Crippen molar-refractivity contribution in [1.29, 1.82) is 0 Å². The van der Waals surface area contributed by atoms with Gasteiger partial charge in [-0.1, -0.05) is 12.1 Å². The standard InChI is InChI=1S/C19H20FN5O/c20-16-4-2-14(3-5-16)15-10-25(11-15)19-18(21-6-7-22-19)23-17-12-24(13-17)8-1-9-26/h1-9,15,17H,10-13H2,(H,21,23). The van der Waals surface area contributed by atoms with Crippen molar-refractivity contribution in [2.75, 3.05) is 36.4 Å². The Hall–Kier alpha value is -2.96. The molecule has 1 N–H and O–H groups in total. The Morgan fingerprint density at radius 2 is 1.81 bits per heavy atom. The Labute approximate surface area is 151 Å². The molecule has 0 saturated carbocycles. The summed E-state index contributed by atoms with van der Waals surface area (Å²) in [6.07, 6.45) is 7.46. The maximum atomic E-state index is 13.1. The summed E-state index contributed by atoms with van der Waals surface area (Å²) in [5.74, 6) is 1.82. The molecule has 1 aromatic heterocycles. The number of carbonyl (C=O) groups is 1. The van der Waals surface area contributed by atoms with E-state index in [0.29, 0.717) is 5.92 Å². The van der Waals surface area contributed by atoms with Gasteiger partial charge in [-0.15, -0.1) is 0 Å². The topological polar surface area (TPSA) is 61.4 Å². The molecule has 0 amide bonds. The maximum Gasteiger partial charge on any atom is 0.171 e. The smallest absolute Gasteiger partial charge is 0.171 e. The minimum atomic E-state index is -0.206. The minimum absolute atomic E-state index is 0.206. The first-order chi connectivity index (χ1) is 12.7. The zero-order valence-electron chi connectivity index (χ0n) is 14.3. The number of benzene rings is 1. The van der Waals surface area contributed by atoms with Gasteiger partial charge in [0.2, 0.25) is 0 Å². The number of aldehydes is 1. The number of nitrogens with zero attached hydrogens (tertiary/aromatic N) is 4. The number of carbonyl (C=O) groups excluding carboxylic acids is 1. The SMILES string of the molecule is O=CC=CN1CC(Nc2nccnc2N2CC(c3ccc(F)cc3)C2)C1. The predicted molar refractivity (Wildman–Crippen MR) is 97.6 cm³/mol. The average Bonchev–Trinajstić information content (AvgIpc) is 2.58. The molecule has 2 fully saturated rings. The summed E-state index contributed by atoms with van der Waals surface area (Å²) in [4.78, 5) is 23.5. The van der Waals surface area contributed by atoms with E-state index < -0.39 is 0 Å². The lowest BCUT2D eigenvalue weighted by Crippen LogP contribution is -2.52. The van der Waals surface area contributed by atoms with E-state index in [0.717, 1.165) is 49.7 Å². The summed E-state index contributed by atoms with van der Waals surface area (Å²) in [5, 5.41) is 3.44. The van der Waals surface area contributed by atoms with Crippen LogP contribution in [0.2, 0.25) is 0 Å². The van der Waals surface area contributed by atoms with Gasteiger partial charge in [0.05, 0.1) is 6.04 Å². The van der Waals surface area contributed by atoms with Gasteiger partial charge in [0.25, 0.3) is 0 Å². The predicted octanol–water partition coefficient (Wildman–Crippen LogP) is 2.03. The van der Waals surface area contributed by atoms with Crippen LogP contribution in [0.5, 0.6) is 0 Å². The van der Waals surface area contributed by atoms with Gasteiger partial charge in [-0.3, -0.25) is 4.79 Å². The van der Waals surface area contributed by atoms with Crippen LogP contribution in [0.4, 0.5) is 16.0 Å². The van der Waals surface area contributed by atoms with E-state index in [1.54, 1.807) is 18.6 Å². The van der Waals surface area contributed by atoms with E-state index in [1.807, 2.05) is 12.1 Å². The average molecular weight is 353 g/mol. The molecule has 0 radical (unpaired) electrons. The highest BCUT2D eigenvalue weighted by Gasteiger charge is 2.32. The monoisotopic (exact) mass is 353 g/mol. The first-order valence-corrected chi connectivity index (χ1v) is 8.67. The third-order valence-corrected chi connectivity index (χ3v) is 4.83. The van der Waals surface area contributed by atoms with Crippen LogP contribution < -0.4 is 10.2 Å². The van der Waals surface area contributed by atoms with Crippen molar-refractivity contribution >= 4 is 17.9 Å². The second-order valence-electron chi connectivity index (χ2n) is 6.65. The fourth-order valence-corrected chi connectivity index (χ4v) is 3.34. The quantitative estimate of drug-likeness (QED) is 0.633. The number of rotatable bonds is 6. The summed E-state index contributed by atoms with van der Waals surface area (Å²) in [7, 11) is 0. The maximum absolute atomic E-state index is 13.1. The molecule has 26 heavy (non-hydrogen) atoms. The number of anilines is 2. The third kappa shape index (κ3) is 3.37. The Morgan fingerprint density at radius 3 is 2.54 bits per heavy atom. The number of halogens is 1. The molecule has 3 heterocycles. The van der Waals surface area contributed by atoms with Crippen molar-refractivity contribution in [1.82, 2.24) is 14.9 Å². The molecule has 2 saturated heterocycles. The van der Waals surface area contributed by atoms with Crippen molar-refractivity contribution in [3.8, 4) is 0 Å². The Morgan fingerprint density at radius 1 is 1.08 bits per heavy atom. The molecule has 0 atom stereocenters. The van der Waals surface area contributed by atoms with E-state index >= 15 is 0 Å². The number of aromatic nitrogens is 2. The molecule has 0 aliphatic carbocycles. The van der Waals surface area contributed by atoms with Crippen molar-refractivity contribution < 1.29 is 9.18 Å². The molecule has 4 rings (SSSR count). The van der Waals surface area contributed by atoms with Crippen LogP contribution >= 0.6 is 0 Å². The lowest BCUT2D eigenvalue weighted by molar-refractivity contribution is -0.104. The second-order valence-corrected chi connectivity index (χ2v) is 6.65. The molecule has 6 nitrogen and oxygen atoms in total. The van der Waals surface area contributed by atoms with Gasteiger partial charge < -0.3 is 15.1 Å². The first-order valence-electron chi connectivity index (χ1n) is 8.67. The van der Waals surface area contributed by atoms with Crippen LogP contribution in [0, 0.1) is 5.82 Å². The van der Waals surface area contributed by atoms with E-state index in [1.165, 1.54) is 18.2 Å². The highest BCUT2D eigenvalue weighted by atomic mass is 19.1.